The van der Waals surface area contributed by atoms with Gasteiger partial charge in [-0.3, -0.25) is 9.98 Å². The Hall–Kier alpha value is -1.54. The number of aliphatic imine (C=N–C) groups is 1. The molecule has 17 heavy (non-hydrogen) atoms. The molecule has 0 aromatic carbocycles. The molecule has 90 valence electrons. The second kappa shape index (κ2) is 6.92. The number of aromatic nitrogens is 1. The minimum atomic E-state index is 0.577. The lowest BCUT2D eigenvalue weighted by atomic mass is 10.2. The molecule has 0 spiro atoms. The number of hydrogen-bond donors (Lipinski definition) is 0. The summed E-state index contributed by atoms with van der Waals surface area (Å²) in [5, 5.41) is 8.85. The first-order chi connectivity index (χ1) is 8.24. The van der Waals surface area contributed by atoms with Crippen molar-refractivity contribution < 1.29 is 0 Å². The maximum atomic E-state index is 8.85. The monoisotopic (exact) mass is 248 g/mol. The fourth-order valence-electron chi connectivity index (χ4n) is 1.39. The van der Waals surface area contributed by atoms with Gasteiger partial charge >= 0.3 is 0 Å². The Morgan fingerprint density at radius 3 is 2.88 bits per heavy atom. The van der Waals surface area contributed by atoms with Gasteiger partial charge < -0.3 is 4.31 Å². The van der Waals surface area contributed by atoms with Gasteiger partial charge in [0.1, 0.15) is 6.07 Å². The zero-order valence-corrected chi connectivity index (χ0v) is 11.2. The number of hydrogen-bond acceptors (Lipinski definition) is 5. The van der Waals surface area contributed by atoms with Gasteiger partial charge in [-0.1, -0.05) is 18.9 Å². The van der Waals surface area contributed by atoms with Gasteiger partial charge in [-0.05, 0) is 12.5 Å². The molecule has 0 amide bonds. The highest BCUT2D eigenvalue weighted by Crippen LogP contribution is 2.20. The Balaban J connectivity index is 2.90. The lowest BCUT2D eigenvalue weighted by molar-refractivity contribution is 1.13. The van der Waals surface area contributed by atoms with E-state index < -0.39 is 0 Å². The molecule has 0 aliphatic carbocycles. The zero-order valence-electron chi connectivity index (χ0n) is 10.3. The molecule has 0 bridgehead atoms. The normalized spacial score (nSPS) is 11.1. The first kappa shape index (κ1) is 13.5. The molecule has 0 N–H and O–H groups in total. The van der Waals surface area contributed by atoms with Crippen LogP contribution in [0.15, 0.2) is 23.5 Å². The van der Waals surface area contributed by atoms with Crippen molar-refractivity contribution in [1.29, 1.82) is 5.26 Å². The molecular formula is C12H16N4S. The summed E-state index contributed by atoms with van der Waals surface area (Å²) in [5.74, 6) is 0. The van der Waals surface area contributed by atoms with Crippen LogP contribution < -0.4 is 4.31 Å². The molecule has 5 heteroatoms. The van der Waals surface area contributed by atoms with Gasteiger partial charge in [0.05, 0.1) is 24.0 Å². The first-order valence-electron chi connectivity index (χ1n) is 5.36. The summed E-state index contributed by atoms with van der Waals surface area (Å²) in [6, 6.07) is 3.94. The van der Waals surface area contributed by atoms with E-state index in [2.05, 4.69) is 27.3 Å². The second-order valence-corrected chi connectivity index (χ2v) is 4.21. The molecule has 0 aliphatic heterocycles. The van der Waals surface area contributed by atoms with Gasteiger partial charge in [0.2, 0.25) is 0 Å². The number of anilines is 1. The van der Waals surface area contributed by atoms with Crippen molar-refractivity contribution in [2.45, 2.75) is 13.3 Å². The predicted molar refractivity (Wildman–Crippen MR) is 73.5 cm³/mol. The van der Waals surface area contributed by atoms with Crippen molar-refractivity contribution in [3.63, 3.8) is 0 Å². The summed E-state index contributed by atoms with van der Waals surface area (Å²) in [7, 11) is 1.81. The van der Waals surface area contributed by atoms with Crippen LogP contribution in [0.25, 0.3) is 0 Å². The molecule has 0 saturated heterocycles. The highest BCUT2D eigenvalue weighted by Gasteiger charge is 2.09. The van der Waals surface area contributed by atoms with Crippen LogP contribution in [0.4, 0.5) is 5.69 Å². The first-order valence-corrected chi connectivity index (χ1v) is 6.54. The molecule has 1 aromatic heterocycles. The van der Waals surface area contributed by atoms with Gasteiger partial charge in [-0.2, -0.15) is 5.26 Å². The molecule has 1 heterocycles. The molecule has 0 atom stereocenters. The number of nitrogens with zero attached hydrogens (tertiary/aromatic N) is 4. The average Bonchev–Trinajstić information content (AvgIpc) is 2.40. The summed E-state index contributed by atoms with van der Waals surface area (Å²) in [4.78, 5) is 8.30. The maximum absolute atomic E-state index is 8.85. The van der Waals surface area contributed by atoms with Crippen LogP contribution in [0.3, 0.4) is 0 Å². The van der Waals surface area contributed by atoms with Crippen molar-refractivity contribution in [1.82, 2.24) is 4.98 Å². The van der Waals surface area contributed by atoms with Gasteiger partial charge in [-0.25, -0.2) is 0 Å². The molecule has 1 aromatic rings. The SMILES string of the molecule is CCC(CN(SC)c1cncc(C#N)c1)=NC. The van der Waals surface area contributed by atoms with E-state index in [1.165, 1.54) is 0 Å². The maximum Gasteiger partial charge on any atom is 0.101 e. The van der Waals surface area contributed by atoms with E-state index >= 15 is 0 Å². The Bertz CT molecular complexity index is 436. The fraction of sp³-hybridized carbons (Fsp3) is 0.417. The van der Waals surface area contributed by atoms with Crippen LogP contribution in [0.5, 0.6) is 0 Å². The van der Waals surface area contributed by atoms with Gasteiger partial charge in [0.15, 0.2) is 0 Å². The van der Waals surface area contributed by atoms with Crippen molar-refractivity contribution in [2.75, 3.05) is 24.2 Å². The summed E-state index contributed by atoms with van der Waals surface area (Å²) in [6.45, 7) is 2.84. The largest absolute Gasteiger partial charge is 0.309 e. The van der Waals surface area contributed by atoms with Crippen LogP contribution in [0, 0.1) is 11.3 Å². The van der Waals surface area contributed by atoms with E-state index in [9.17, 15) is 0 Å². The number of pyridine rings is 1. The Labute approximate surface area is 107 Å². The standard InChI is InChI=1S/C12H16N4S/c1-4-11(14-2)9-16(17-3)12-5-10(6-13)7-15-8-12/h5,7-8H,4,9H2,1-3H3. The van der Waals surface area contributed by atoms with E-state index in [1.807, 2.05) is 12.3 Å². The molecule has 4 nitrogen and oxygen atoms in total. The van der Waals surface area contributed by atoms with Crippen LogP contribution in [0.2, 0.25) is 0 Å². The third kappa shape index (κ3) is 3.75. The zero-order chi connectivity index (χ0) is 12.7. The van der Waals surface area contributed by atoms with Gasteiger partial charge in [0, 0.05) is 25.2 Å². The van der Waals surface area contributed by atoms with E-state index in [0.717, 1.165) is 24.4 Å². The smallest absolute Gasteiger partial charge is 0.101 e. The van der Waals surface area contributed by atoms with Gasteiger partial charge in [-0.15, -0.1) is 0 Å². The van der Waals surface area contributed by atoms with E-state index in [0.29, 0.717) is 5.56 Å². The molecule has 0 fully saturated rings. The third-order valence-electron chi connectivity index (χ3n) is 2.41. The van der Waals surface area contributed by atoms with Crippen molar-refractivity contribution >= 4 is 23.3 Å². The quantitative estimate of drug-likeness (QED) is 0.593. The lowest BCUT2D eigenvalue weighted by Crippen LogP contribution is -2.22. The summed E-state index contributed by atoms with van der Waals surface area (Å²) >= 11 is 1.60. The molecule has 0 aliphatic rings. The Morgan fingerprint density at radius 2 is 2.35 bits per heavy atom. The Kier molecular flexibility index (Phi) is 5.50. The average molecular weight is 248 g/mol. The topological polar surface area (TPSA) is 52.3 Å². The van der Waals surface area contributed by atoms with Crippen LogP contribution in [0.1, 0.15) is 18.9 Å². The lowest BCUT2D eigenvalue weighted by Gasteiger charge is -2.21. The van der Waals surface area contributed by atoms with E-state index in [1.54, 1.807) is 31.4 Å². The molecule has 0 saturated carbocycles. The number of rotatable bonds is 5. The third-order valence-corrected chi connectivity index (χ3v) is 3.19. The van der Waals surface area contributed by atoms with Crippen molar-refractivity contribution in [3.8, 4) is 6.07 Å². The molecule has 0 radical (unpaired) electrons. The fourth-order valence-corrected chi connectivity index (χ4v) is 1.98. The second-order valence-electron chi connectivity index (χ2n) is 3.41. The molecular weight excluding hydrogens is 232 g/mol. The predicted octanol–water partition coefficient (Wildman–Crippen LogP) is 2.52. The highest BCUT2D eigenvalue weighted by atomic mass is 32.2. The summed E-state index contributed by atoms with van der Waals surface area (Å²) in [5.41, 5.74) is 2.64. The van der Waals surface area contributed by atoms with Crippen molar-refractivity contribution in [3.05, 3.63) is 24.0 Å². The number of nitriles is 1. The van der Waals surface area contributed by atoms with Crippen molar-refractivity contribution in [2.24, 2.45) is 4.99 Å². The molecule has 1 rings (SSSR count). The minimum absolute atomic E-state index is 0.577. The highest BCUT2D eigenvalue weighted by molar-refractivity contribution is 8.00. The minimum Gasteiger partial charge on any atom is -0.309 e. The summed E-state index contributed by atoms with van der Waals surface area (Å²) < 4.78 is 2.08. The molecule has 0 unspecified atom stereocenters. The van der Waals surface area contributed by atoms with Crippen LogP contribution >= 0.6 is 11.9 Å². The Morgan fingerprint density at radius 1 is 1.59 bits per heavy atom. The van der Waals surface area contributed by atoms with E-state index in [-0.39, 0.29) is 0 Å². The van der Waals surface area contributed by atoms with Crippen LogP contribution in [-0.2, 0) is 0 Å². The van der Waals surface area contributed by atoms with Crippen LogP contribution in [-0.4, -0.2) is 30.5 Å². The van der Waals surface area contributed by atoms with Gasteiger partial charge in [0.25, 0.3) is 0 Å². The summed E-state index contributed by atoms with van der Waals surface area (Å²) in [6.07, 6.45) is 6.26. The van der Waals surface area contributed by atoms with E-state index in [4.69, 9.17) is 5.26 Å².